The van der Waals surface area contributed by atoms with Crippen LogP contribution in [0.1, 0.15) is 35.1 Å². The molecule has 9 heteroatoms. The van der Waals surface area contributed by atoms with Gasteiger partial charge in [-0.3, -0.25) is 4.79 Å². The minimum absolute atomic E-state index is 0.181. The molecular weight excluding hydrogens is 422 g/mol. The molecule has 2 aromatic rings. The Hall–Kier alpha value is -1.78. The lowest BCUT2D eigenvalue weighted by atomic mass is 10.1. The first kappa shape index (κ1) is 22.9. The topological polar surface area (TPSA) is 80.2 Å². The fourth-order valence-corrected chi connectivity index (χ4v) is 6.05. The Labute approximate surface area is 182 Å². The average Bonchev–Trinajstić information content (AvgIpc) is 3.30. The summed E-state index contributed by atoms with van der Waals surface area (Å²) in [5.74, 6) is -0.198. The number of sulfonamides is 1. The molecule has 1 aliphatic rings. The number of carbonyl (C=O) groups excluding carboxylic acids is 1. The minimum atomic E-state index is -3.53. The molecule has 0 radical (unpaired) electrons. The molecule has 0 saturated carbocycles. The second-order valence-corrected chi connectivity index (χ2v) is 10.1. The molecule has 30 heavy (non-hydrogen) atoms. The highest BCUT2D eigenvalue weighted by molar-refractivity contribution is 7.89. The summed E-state index contributed by atoms with van der Waals surface area (Å²) < 4.78 is 32.1. The van der Waals surface area contributed by atoms with E-state index < -0.39 is 10.0 Å². The van der Waals surface area contributed by atoms with Gasteiger partial charge in [0.2, 0.25) is 10.0 Å². The molecule has 0 spiro atoms. The van der Waals surface area contributed by atoms with Gasteiger partial charge < -0.3 is 15.0 Å². The molecule has 1 aromatic carbocycles. The van der Waals surface area contributed by atoms with Gasteiger partial charge in [0, 0.05) is 18.7 Å². The van der Waals surface area contributed by atoms with E-state index in [2.05, 4.69) is 16.8 Å². The summed E-state index contributed by atoms with van der Waals surface area (Å²) in [6.07, 6.45) is 0. The lowest BCUT2D eigenvalue weighted by Crippen LogP contribution is -3.15. The third-order valence-corrected chi connectivity index (χ3v) is 8.49. The van der Waals surface area contributed by atoms with Crippen LogP contribution in [0, 0.1) is 0 Å². The van der Waals surface area contributed by atoms with Crippen LogP contribution >= 0.6 is 11.3 Å². The molecule has 3 rings (SSSR count). The maximum Gasteiger partial charge on any atom is 0.251 e. The van der Waals surface area contributed by atoms with Crippen molar-refractivity contribution in [3.8, 4) is 0 Å². The van der Waals surface area contributed by atoms with Crippen LogP contribution in [0.5, 0.6) is 0 Å². The molecule has 7 nitrogen and oxygen atoms in total. The Morgan fingerprint density at radius 2 is 1.83 bits per heavy atom. The zero-order valence-corrected chi connectivity index (χ0v) is 19.1. The van der Waals surface area contributed by atoms with Crippen molar-refractivity contribution in [1.29, 1.82) is 0 Å². The molecule has 1 saturated heterocycles. The van der Waals surface area contributed by atoms with Gasteiger partial charge in [-0.05, 0) is 35.7 Å². The quantitative estimate of drug-likeness (QED) is 0.599. The first-order chi connectivity index (χ1) is 14.5. The number of hydrogen-bond acceptors (Lipinski definition) is 5. The lowest BCUT2D eigenvalue weighted by molar-refractivity contribution is -0.937. The van der Waals surface area contributed by atoms with Gasteiger partial charge in [0.05, 0.1) is 29.5 Å². The standard InChI is InChI=1S/C21H29N3O4S2/c1-3-24(4-2)30(26,27)18-9-7-17(8-10-18)21(25)22-16-19(20-6-5-15-29-20)23-11-13-28-14-12-23/h5-10,15,19H,3-4,11-14,16H2,1-2H3,(H,22,25)/p+1/t19-/m0/s1. The number of benzene rings is 1. The van der Waals surface area contributed by atoms with Gasteiger partial charge in [-0.1, -0.05) is 19.9 Å². The molecule has 0 bridgehead atoms. The summed E-state index contributed by atoms with van der Waals surface area (Å²) in [7, 11) is -3.53. The summed E-state index contributed by atoms with van der Waals surface area (Å²) in [5, 5.41) is 5.09. The Bertz CT molecular complexity index is 904. The van der Waals surface area contributed by atoms with Crippen LogP contribution in [-0.4, -0.2) is 64.6 Å². The molecule has 1 aromatic heterocycles. The number of amides is 1. The first-order valence-corrected chi connectivity index (χ1v) is 12.6. The van der Waals surface area contributed by atoms with Crippen LogP contribution < -0.4 is 10.2 Å². The van der Waals surface area contributed by atoms with Crippen LogP contribution in [-0.2, 0) is 14.8 Å². The Balaban J connectivity index is 1.67. The molecule has 1 amide bonds. The highest BCUT2D eigenvalue weighted by Gasteiger charge is 2.28. The summed E-state index contributed by atoms with van der Waals surface area (Å²) in [6.45, 7) is 8.25. The summed E-state index contributed by atoms with van der Waals surface area (Å²) in [5.41, 5.74) is 0.454. The number of nitrogens with zero attached hydrogens (tertiary/aromatic N) is 1. The number of morpholine rings is 1. The molecule has 0 unspecified atom stereocenters. The van der Waals surface area contributed by atoms with E-state index in [0.29, 0.717) is 25.2 Å². The molecule has 0 aliphatic carbocycles. The van der Waals surface area contributed by atoms with Crippen molar-refractivity contribution in [2.75, 3.05) is 45.9 Å². The van der Waals surface area contributed by atoms with Crippen LogP contribution in [0.25, 0.3) is 0 Å². The minimum Gasteiger partial charge on any atom is -0.370 e. The van der Waals surface area contributed by atoms with Crippen LogP contribution in [0.2, 0.25) is 0 Å². The van der Waals surface area contributed by atoms with Crippen LogP contribution in [0.3, 0.4) is 0 Å². The molecule has 2 heterocycles. The van der Waals surface area contributed by atoms with Crippen LogP contribution in [0.15, 0.2) is 46.7 Å². The third-order valence-electron chi connectivity index (χ3n) is 5.44. The fourth-order valence-electron chi connectivity index (χ4n) is 3.71. The molecule has 2 N–H and O–H groups in total. The van der Waals surface area contributed by atoms with Crippen molar-refractivity contribution >= 4 is 27.3 Å². The SMILES string of the molecule is CCN(CC)S(=O)(=O)c1ccc(C(=O)NC[C@@H](c2cccs2)[NH+]2CCOCC2)cc1. The Kier molecular flexibility index (Phi) is 8.01. The Morgan fingerprint density at radius 3 is 2.40 bits per heavy atom. The number of quaternary nitrogens is 1. The highest BCUT2D eigenvalue weighted by Crippen LogP contribution is 2.18. The largest absolute Gasteiger partial charge is 0.370 e. The second kappa shape index (κ2) is 10.5. The maximum atomic E-state index is 12.7. The number of thiophene rings is 1. The van der Waals surface area contributed by atoms with E-state index in [0.717, 1.165) is 26.3 Å². The number of carbonyl (C=O) groups is 1. The number of rotatable bonds is 9. The molecule has 164 valence electrons. The molecule has 1 aliphatic heterocycles. The number of ether oxygens (including phenoxy) is 1. The van der Waals surface area contributed by atoms with E-state index in [1.807, 2.05) is 19.9 Å². The van der Waals surface area contributed by atoms with E-state index in [-0.39, 0.29) is 16.8 Å². The second-order valence-electron chi connectivity index (χ2n) is 7.16. The molecule has 1 fully saturated rings. The van der Waals surface area contributed by atoms with Gasteiger partial charge in [-0.25, -0.2) is 8.42 Å². The Morgan fingerprint density at radius 1 is 1.17 bits per heavy atom. The zero-order valence-electron chi connectivity index (χ0n) is 17.5. The van der Waals surface area contributed by atoms with Crippen molar-refractivity contribution in [3.63, 3.8) is 0 Å². The van der Waals surface area contributed by atoms with Crippen molar-refractivity contribution in [1.82, 2.24) is 9.62 Å². The van der Waals surface area contributed by atoms with Gasteiger partial charge in [-0.15, -0.1) is 11.3 Å². The molecular formula is C21H30N3O4S2+. The molecule has 1 atom stereocenters. The van der Waals surface area contributed by atoms with E-state index in [4.69, 9.17) is 4.74 Å². The predicted octanol–water partition coefficient (Wildman–Crippen LogP) is 1.16. The summed E-state index contributed by atoms with van der Waals surface area (Å²) >= 11 is 1.70. The first-order valence-electron chi connectivity index (χ1n) is 10.3. The summed E-state index contributed by atoms with van der Waals surface area (Å²) in [4.78, 5) is 15.6. The monoisotopic (exact) mass is 452 g/mol. The van der Waals surface area contributed by atoms with E-state index in [1.165, 1.54) is 26.2 Å². The number of hydrogen-bond donors (Lipinski definition) is 2. The van der Waals surface area contributed by atoms with Crippen molar-refractivity contribution in [2.45, 2.75) is 24.8 Å². The smallest absolute Gasteiger partial charge is 0.251 e. The average molecular weight is 453 g/mol. The van der Waals surface area contributed by atoms with Gasteiger partial charge in [0.25, 0.3) is 5.91 Å². The highest BCUT2D eigenvalue weighted by atomic mass is 32.2. The third kappa shape index (κ3) is 5.28. The predicted molar refractivity (Wildman–Crippen MR) is 117 cm³/mol. The van der Waals surface area contributed by atoms with E-state index in [1.54, 1.807) is 23.5 Å². The van der Waals surface area contributed by atoms with Crippen molar-refractivity contribution < 1.29 is 22.8 Å². The zero-order chi connectivity index (χ0) is 21.6. The normalized spacial score (nSPS) is 16.5. The van der Waals surface area contributed by atoms with Gasteiger partial charge >= 0.3 is 0 Å². The van der Waals surface area contributed by atoms with Crippen LogP contribution in [0.4, 0.5) is 0 Å². The lowest BCUT2D eigenvalue weighted by Gasteiger charge is -2.31. The van der Waals surface area contributed by atoms with Crippen molar-refractivity contribution in [3.05, 3.63) is 52.2 Å². The summed E-state index contributed by atoms with van der Waals surface area (Å²) in [6, 6.07) is 10.5. The maximum absolute atomic E-state index is 12.7. The van der Waals surface area contributed by atoms with E-state index >= 15 is 0 Å². The van der Waals surface area contributed by atoms with E-state index in [9.17, 15) is 13.2 Å². The van der Waals surface area contributed by atoms with Gasteiger partial charge in [-0.2, -0.15) is 4.31 Å². The van der Waals surface area contributed by atoms with Crippen molar-refractivity contribution in [2.24, 2.45) is 0 Å². The van der Waals surface area contributed by atoms with Gasteiger partial charge in [0.15, 0.2) is 0 Å². The fraction of sp³-hybridized carbons (Fsp3) is 0.476. The number of nitrogens with one attached hydrogen (secondary N) is 2. The van der Waals surface area contributed by atoms with Gasteiger partial charge in [0.1, 0.15) is 19.1 Å².